The summed E-state index contributed by atoms with van der Waals surface area (Å²) in [4.78, 5) is 12.1. The Bertz CT molecular complexity index is 428. The van der Waals surface area contributed by atoms with Gasteiger partial charge in [0, 0.05) is 11.6 Å². The Hall–Kier alpha value is -1.35. The zero-order valence-electron chi connectivity index (χ0n) is 10.4. The highest BCUT2D eigenvalue weighted by molar-refractivity contribution is 5.96. The highest BCUT2D eigenvalue weighted by Crippen LogP contribution is 2.19. The Morgan fingerprint density at radius 3 is 2.76 bits per heavy atom. The molecule has 2 N–H and O–H groups in total. The summed E-state index contributed by atoms with van der Waals surface area (Å²) in [6.45, 7) is 3.92. The van der Waals surface area contributed by atoms with E-state index in [9.17, 15) is 9.90 Å². The molecule has 1 aliphatic rings. The van der Waals surface area contributed by atoms with Crippen LogP contribution in [0.15, 0.2) is 18.2 Å². The Labute approximate surface area is 102 Å². The predicted octanol–water partition coefficient (Wildman–Crippen LogP) is 1.95. The van der Waals surface area contributed by atoms with Gasteiger partial charge >= 0.3 is 0 Å². The number of rotatable bonds is 2. The number of nitrogens with one attached hydrogen (secondary N) is 1. The molecule has 0 aliphatic heterocycles. The van der Waals surface area contributed by atoms with Crippen LogP contribution in [0.4, 0.5) is 0 Å². The smallest absolute Gasteiger partial charge is 0.251 e. The van der Waals surface area contributed by atoms with E-state index in [1.165, 1.54) is 0 Å². The lowest BCUT2D eigenvalue weighted by Crippen LogP contribution is -2.33. The molecule has 0 bridgehead atoms. The fourth-order valence-corrected chi connectivity index (χ4v) is 2.33. The Morgan fingerprint density at radius 1 is 1.35 bits per heavy atom. The molecule has 0 aromatic heterocycles. The number of aryl methyl sites for hydroxylation is 2. The molecule has 0 spiro atoms. The zero-order valence-corrected chi connectivity index (χ0v) is 10.4. The number of aliphatic hydroxyl groups is 1. The molecule has 0 saturated heterocycles. The minimum atomic E-state index is -0.251. The van der Waals surface area contributed by atoms with Gasteiger partial charge in [-0.15, -0.1) is 0 Å². The second kappa shape index (κ2) is 4.88. The van der Waals surface area contributed by atoms with Gasteiger partial charge in [-0.25, -0.2) is 0 Å². The summed E-state index contributed by atoms with van der Waals surface area (Å²) in [5.41, 5.74) is 2.82. The lowest BCUT2D eigenvalue weighted by atomic mass is 10.0. The molecule has 2 rings (SSSR count). The van der Waals surface area contributed by atoms with E-state index in [4.69, 9.17) is 0 Å². The van der Waals surface area contributed by atoms with Gasteiger partial charge in [0.1, 0.15) is 0 Å². The molecular formula is C14H19NO2. The van der Waals surface area contributed by atoms with Crippen molar-refractivity contribution < 1.29 is 9.90 Å². The number of hydrogen-bond donors (Lipinski definition) is 2. The van der Waals surface area contributed by atoms with Crippen LogP contribution < -0.4 is 5.32 Å². The van der Waals surface area contributed by atoms with Gasteiger partial charge in [0.15, 0.2) is 0 Å². The SMILES string of the molecule is Cc1ccc(C)c(C(=O)N[C@H]2CC[C@@H](O)C2)c1. The molecular weight excluding hydrogens is 214 g/mol. The summed E-state index contributed by atoms with van der Waals surface area (Å²) in [5.74, 6) is -0.0229. The van der Waals surface area contributed by atoms with E-state index >= 15 is 0 Å². The van der Waals surface area contributed by atoms with Gasteiger partial charge in [0.25, 0.3) is 5.91 Å². The van der Waals surface area contributed by atoms with Crippen LogP contribution in [-0.2, 0) is 0 Å². The van der Waals surface area contributed by atoms with Crippen LogP contribution in [0.25, 0.3) is 0 Å². The van der Waals surface area contributed by atoms with Crippen LogP contribution in [-0.4, -0.2) is 23.2 Å². The highest BCUT2D eigenvalue weighted by Gasteiger charge is 2.24. The lowest BCUT2D eigenvalue weighted by Gasteiger charge is -2.13. The molecule has 3 nitrogen and oxygen atoms in total. The van der Waals surface area contributed by atoms with E-state index < -0.39 is 0 Å². The van der Waals surface area contributed by atoms with Crippen LogP contribution in [0.2, 0.25) is 0 Å². The van der Waals surface area contributed by atoms with Crippen molar-refractivity contribution in [3.8, 4) is 0 Å². The Balaban J connectivity index is 2.06. The van der Waals surface area contributed by atoms with Gasteiger partial charge in [-0.3, -0.25) is 4.79 Å². The summed E-state index contributed by atoms with van der Waals surface area (Å²) in [6.07, 6.45) is 2.09. The van der Waals surface area contributed by atoms with E-state index in [0.29, 0.717) is 6.42 Å². The topological polar surface area (TPSA) is 49.3 Å². The van der Waals surface area contributed by atoms with Crippen molar-refractivity contribution >= 4 is 5.91 Å². The van der Waals surface area contributed by atoms with Crippen molar-refractivity contribution in [3.63, 3.8) is 0 Å². The standard InChI is InChI=1S/C14H19NO2/c1-9-3-4-10(2)13(7-9)14(17)15-11-5-6-12(16)8-11/h3-4,7,11-12,16H,5-6,8H2,1-2H3,(H,15,17)/t11-,12+/m0/s1. The first-order valence-corrected chi connectivity index (χ1v) is 6.12. The van der Waals surface area contributed by atoms with E-state index in [0.717, 1.165) is 29.5 Å². The van der Waals surface area contributed by atoms with Crippen molar-refractivity contribution in [2.75, 3.05) is 0 Å². The third-order valence-electron chi connectivity index (χ3n) is 3.38. The maximum atomic E-state index is 12.1. The minimum Gasteiger partial charge on any atom is -0.393 e. The molecule has 1 amide bonds. The average Bonchev–Trinajstić information content (AvgIpc) is 2.67. The second-order valence-electron chi connectivity index (χ2n) is 4.96. The number of hydrogen-bond acceptors (Lipinski definition) is 2. The van der Waals surface area contributed by atoms with Gasteiger partial charge in [-0.2, -0.15) is 0 Å². The maximum absolute atomic E-state index is 12.1. The van der Waals surface area contributed by atoms with E-state index in [1.54, 1.807) is 0 Å². The Morgan fingerprint density at radius 2 is 2.12 bits per heavy atom. The average molecular weight is 233 g/mol. The van der Waals surface area contributed by atoms with Crippen LogP contribution in [0.1, 0.15) is 40.7 Å². The molecule has 0 radical (unpaired) electrons. The predicted molar refractivity (Wildman–Crippen MR) is 67.0 cm³/mol. The zero-order chi connectivity index (χ0) is 12.4. The number of carbonyl (C=O) groups is 1. The van der Waals surface area contributed by atoms with Crippen molar-refractivity contribution in [1.29, 1.82) is 0 Å². The number of benzene rings is 1. The van der Waals surface area contributed by atoms with Gasteiger partial charge in [-0.05, 0) is 44.7 Å². The summed E-state index contributed by atoms with van der Waals surface area (Å²) in [5, 5.41) is 12.4. The summed E-state index contributed by atoms with van der Waals surface area (Å²) in [7, 11) is 0. The van der Waals surface area contributed by atoms with Gasteiger partial charge < -0.3 is 10.4 Å². The largest absolute Gasteiger partial charge is 0.393 e. The molecule has 0 heterocycles. The third kappa shape index (κ3) is 2.86. The summed E-state index contributed by atoms with van der Waals surface area (Å²) in [6, 6.07) is 6.01. The fraction of sp³-hybridized carbons (Fsp3) is 0.500. The van der Waals surface area contributed by atoms with Crippen LogP contribution in [0, 0.1) is 13.8 Å². The monoisotopic (exact) mass is 233 g/mol. The summed E-state index contributed by atoms with van der Waals surface area (Å²) >= 11 is 0. The quantitative estimate of drug-likeness (QED) is 0.820. The van der Waals surface area contributed by atoms with Crippen molar-refractivity contribution in [3.05, 3.63) is 34.9 Å². The van der Waals surface area contributed by atoms with E-state index in [1.807, 2.05) is 32.0 Å². The molecule has 1 aliphatic carbocycles. The maximum Gasteiger partial charge on any atom is 0.251 e. The van der Waals surface area contributed by atoms with Crippen LogP contribution >= 0.6 is 0 Å². The Kier molecular flexibility index (Phi) is 3.48. The first kappa shape index (κ1) is 12.1. The molecule has 17 heavy (non-hydrogen) atoms. The highest BCUT2D eigenvalue weighted by atomic mass is 16.3. The molecule has 0 unspecified atom stereocenters. The third-order valence-corrected chi connectivity index (χ3v) is 3.38. The van der Waals surface area contributed by atoms with Gasteiger partial charge in [0.05, 0.1) is 6.10 Å². The normalized spacial score (nSPS) is 23.7. The van der Waals surface area contributed by atoms with Gasteiger partial charge in [0.2, 0.25) is 0 Å². The second-order valence-corrected chi connectivity index (χ2v) is 4.96. The van der Waals surface area contributed by atoms with Crippen molar-refractivity contribution in [1.82, 2.24) is 5.32 Å². The van der Waals surface area contributed by atoms with E-state index in [2.05, 4.69) is 5.32 Å². The minimum absolute atomic E-state index is 0.0229. The molecule has 3 heteroatoms. The summed E-state index contributed by atoms with van der Waals surface area (Å²) < 4.78 is 0. The molecule has 1 aromatic rings. The molecule has 1 fully saturated rings. The first-order chi connectivity index (χ1) is 8.06. The molecule has 1 aromatic carbocycles. The van der Waals surface area contributed by atoms with E-state index in [-0.39, 0.29) is 18.1 Å². The lowest BCUT2D eigenvalue weighted by molar-refractivity contribution is 0.0933. The van der Waals surface area contributed by atoms with Crippen molar-refractivity contribution in [2.45, 2.75) is 45.3 Å². The molecule has 92 valence electrons. The van der Waals surface area contributed by atoms with Gasteiger partial charge in [-0.1, -0.05) is 17.7 Å². The number of aliphatic hydroxyl groups excluding tert-OH is 1. The number of carbonyl (C=O) groups excluding carboxylic acids is 1. The first-order valence-electron chi connectivity index (χ1n) is 6.12. The molecule has 1 saturated carbocycles. The fourth-order valence-electron chi connectivity index (χ4n) is 2.33. The van der Waals surface area contributed by atoms with Crippen molar-refractivity contribution in [2.24, 2.45) is 0 Å². The van der Waals surface area contributed by atoms with Crippen LogP contribution in [0.5, 0.6) is 0 Å². The van der Waals surface area contributed by atoms with Crippen LogP contribution in [0.3, 0.4) is 0 Å². The number of amides is 1. The molecule has 2 atom stereocenters.